The molecule has 3 saturated carbocycles. The molecule has 0 heterocycles. The summed E-state index contributed by atoms with van der Waals surface area (Å²) in [6.45, 7) is 11.7. The van der Waals surface area contributed by atoms with Crippen molar-refractivity contribution < 1.29 is 28.3 Å². The summed E-state index contributed by atoms with van der Waals surface area (Å²) in [6, 6.07) is 0. The molecule has 0 unspecified atom stereocenters. The van der Waals surface area contributed by atoms with E-state index in [1.165, 1.54) is 5.57 Å². The zero-order valence-corrected chi connectivity index (χ0v) is 23.4. The fraction of sp³-hybridized carbons (Fsp3) is 0.857. The fourth-order valence-electron chi connectivity index (χ4n) is 8.25. The normalized spacial score (nSPS) is 39.3. The van der Waals surface area contributed by atoms with E-state index in [9.17, 15) is 19.3 Å². The number of carbonyl (C=O) groups is 2. The molecule has 1 N–H and O–H groups in total. The lowest BCUT2D eigenvalue weighted by Gasteiger charge is -2.58. The summed E-state index contributed by atoms with van der Waals surface area (Å²) in [5.74, 6) is 1.30. The van der Waals surface area contributed by atoms with Gasteiger partial charge in [-0.2, -0.15) is 0 Å². The predicted octanol–water partition coefficient (Wildman–Crippen LogP) is 6.25. The molecule has 0 saturated heterocycles. The average molecular weight is 509 g/mol. The molecule has 4 aliphatic carbocycles. The molecular weight excluding hydrogens is 463 g/mol. The highest BCUT2D eigenvalue weighted by atomic mass is 31.2. The van der Waals surface area contributed by atoms with E-state index in [2.05, 4.69) is 13.8 Å². The Kier molecular flexibility index (Phi) is 7.39. The van der Waals surface area contributed by atoms with E-state index in [4.69, 9.17) is 9.05 Å². The van der Waals surface area contributed by atoms with Gasteiger partial charge >= 0.3 is 7.60 Å². The molecule has 4 aliphatic rings. The Morgan fingerprint density at radius 1 is 1.03 bits per heavy atom. The van der Waals surface area contributed by atoms with E-state index in [0.717, 1.165) is 38.5 Å². The molecule has 0 spiro atoms. The van der Waals surface area contributed by atoms with Gasteiger partial charge in [0.15, 0.2) is 11.6 Å². The molecule has 0 bridgehead atoms. The Balaban J connectivity index is 1.51. The third-order valence-corrected chi connectivity index (χ3v) is 12.2. The van der Waals surface area contributed by atoms with Crippen LogP contribution in [0.2, 0.25) is 0 Å². The smallest absolute Gasteiger partial charge is 0.331 e. The number of fused-ring (bicyclic) bond motifs is 5. The van der Waals surface area contributed by atoms with Gasteiger partial charge in [0.1, 0.15) is 5.60 Å². The molecule has 7 heteroatoms. The maximum absolute atomic E-state index is 13.6. The van der Waals surface area contributed by atoms with Crippen molar-refractivity contribution in [3.63, 3.8) is 0 Å². The number of hydrogen-bond donors (Lipinski definition) is 1. The van der Waals surface area contributed by atoms with E-state index < -0.39 is 18.6 Å². The predicted molar refractivity (Wildman–Crippen MR) is 136 cm³/mol. The Morgan fingerprint density at radius 3 is 2.29 bits per heavy atom. The van der Waals surface area contributed by atoms with Crippen molar-refractivity contribution in [3.8, 4) is 0 Å². The third kappa shape index (κ3) is 4.67. The number of allylic oxidation sites excluding steroid dienone is 1. The van der Waals surface area contributed by atoms with Crippen molar-refractivity contribution in [1.82, 2.24) is 0 Å². The fourth-order valence-corrected chi connectivity index (χ4v) is 10.3. The van der Waals surface area contributed by atoms with Crippen LogP contribution in [0.15, 0.2) is 11.6 Å². The van der Waals surface area contributed by atoms with Gasteiger partial charge in [0.05, 0.1) is 18.4 Å². The summed E-state index contributed by atoms with van der Waals surface area (Å²) in [5, 5.41) is 11.9. The van der Waals surface area contributed by atoms with Crippen LogP contribution in [0.3, 0.4) is 0 Å². The second-order valence-electron chi connectivity index (χ2n) is 12.6. The molecule has 6 nitrogen and oxygen atoms in total. The monoisotopic (exact) mass is 508 g/mol. The van der Waals surface area contributed by atoms with E-state index in [0.29, 0.717) is 24.7 Å². The lowest BCUT2D eigenvalue weighted by molar-refractivity contribution is -0.162. The molecular formula is C28H45O6P. The lowest BCUT2D eigenvalue weighted by atomic mass is 9.46. The highest BCUT2D eigenvalue weighted by molar-refractivity contribution is 7.53. The number of carbonyl (C=O) groups excluding carboxylic acids is 2. The molecule has 0 radical (unpaired) electrons. The van der Waals surface area contributed by atoms with Crippen LogP contribution >= 0.6 is 7.60 Å². The summed E-state index contributed by atoms with van der Waals surface area (Å²) >= 11 is 0. The average Bonchev–Trinajstić information content (AvgIpc) is 3.03. The Hall–Kier alpha value is -0.810. The highest BCUT2D eigenvalue weighted by Crippen LogP contribution is 2.68. The summed E-state index contributed by atoms with van der Waals surface area (Å²) in [4.78, 5) is 25.7. The molecule has 198 valence electrons. The zero-order chi connectivity index (χ0) is 25.8. The summed E-state index contributed by atoms with van der Waals surface area (Å²) in [6.07, 6.45) is 7.98. The van der Waals surface area contributed by atoms with Crippen molar-refractivity contribution in [2.45, 2.75) is 117 Å². The van der Waals surface area contributed by atoms with Gasteiger partial charge in [0.25, 0.3) is 0 Å². The van der Waals surface area contributed by atoms with Gasteiger partial charge in [-0.3, -0.25) is 14.2 Å². The SMILES string of the molecule is CC(C)OP(=O)(CCC(=O)[C@]1(O)CC[C@H]2[C@@H]3CCC4=CC(=O)CC[C@]4(C)[C@H]3CC[C@@]21C)OC(C)C. The van der Waals surface area contributed by atoms with Gasteiger partial charge < -0.3 is 14.2 Å². The minimum Gasteiger partial charge on any atom is -0.381 e. The van der Waals surface area contributed by atoms with Crippen LogP contribution in [0, 0.1) is 28.6 Å². The Bertz CT molecular complexity index is 926. The van der Waals surface area contributed by atoms with Gasteiger partial charge in [0, 0.05) is 18.3 Å². The van der Waals surface area contributed by atoms with Gasteiger partial charge in [-0.1, -0.05) is 19.4 Å². The van der Waals surface area contributed by atoms with Crippen LogP contribution in [0.1, 0.15) is 99.3 Å². The molecule has 0 aromatic rings. The minimum atomic E-state index is -3.43. The lowest BCUT2D eigenvalue weighted by Crippen LogP contribution is -2.57. The van der Waals surface area contributed by atoms with E-state index in [1.54, 1.807) is 27.7 Å². The second-order valence-corrected chi connectivity index (χ2v) is 14.7. The van der Waals surface area contributed by atoms with Gasteiger partial charge in [0.2, 0.25) is 0 Å². The number of aliphatic hydroxyl groups is 1. The quantitative estimate of drug-likeness (QED) is 0.390. The number of ketones is 2. The van der Waals surface area contributed by atoms with Crippen LogP contribution in [0.5, 0.6) is 0 Å². The molecule has 3 fully saturated rings. The van der Waals surface area contributed by atoms with E-state index in [-0.39, 0.29) is 47.7 Å². The molecule has 35 heavy (non-hydrogen) atoms. The molecule has 0 aromatic heterocycles. The second kappa shape index (κ2) is 9.49. The first-order chi connectivity index (χ1) is 16.2. The first-order valence-corrected chi connectivity index (χ1v) is 15.4. The van der Waals surface area contributed by atoms with Crippen molar-refractivity contribution >= 4 is 19.2 Å². The summed E-state index contributed by atoms with van der Waals surface area (Å²) in [7, 11) is -3.43. The number of rotatable bonds is 8. The topological polar surface area (TPSA) is 89.9 Å². The maximum Gasteiger partial charge on any atom is 0.331 e. The first-order valence-electron chi connectivity index (χ1n) is 13.7. The first kappa shape index (κ1) is 27.2. The van der Waals surface area contributed by atoms with Gasteiger partial charge in [-0.25, -0.2) is 0 Å². The van der Waals surface area contributed by atoms with E-state index >= 15 is 0 Å². The largest absolute Gasteiger partial charge is 0.381 e. The van der Waals surface area contributed by atoms with Crippen molar-refractivity contribution in [3.05, 3.63) is 11.6 Å². The summed E-state index contributed by atoms with van der Waals surface area (Å²) < 4.78 is 24.6. The Morgan fingerprint density at radius 2 is 1.66 bits per heavy atom. The van der Waals surface area contributed by atoms with Crippen molar-refractivity contribution in [2.75, 3.05) is 6.16 Å². The summed E-state index contributed by atoms with van der Waals surface area (Å²) in [5.41, 5.74) is -0.482. The van der Waals surface area contributed by atoms with Crippen LogP contribution in [0.4, 0.5) is 0 Å². The standard InChI is InChI=1S/C28H45O6P/c1-18(2)33-35(32,34-19(3)4)16-12-25(30)28(31)15-11-24-22-8-7-20-17-21(29)9-13-26(20,5)23(22)10-14-27(24,28)6/h17-19,22-24,31H,7-16H2,1-6H3/t22-,23+,24+,26+,27+,28-/m1/s1. The van der Waals surface area contributed by atoms with Crippen LogP contribution in [-0.4, -0.2) is 40.6 Å². The molecule has 0 aliphatic heterocycles. The third-order valence-electron chi connectivity index (χ3n) is 9.93. The van der Waals surface area contributed by atoms with Crippen molar-refractivity contribution in [2.24, 2.45) is 28.6 Å². The molecule has 4 rings (SSSR count). The Labute approximate surface area is 211 Å². The zero-order valence-electron chi connectivity index (χ0n) is 22.5. The number of hydrogen-bond acceptors (Lipinski definition) is 6. The molecule has 0 aromatic carbocycles. The molecule has 0 amide bonds. The maximum atomic E-state index is 13.6. The van der Waals surface area contributed by atoms with Crippen LogP contribution in [-0.2, 0) is 23.2 Å². The van der Waals surface area contributed by atoms with Crippen molar-refractivity contribution in [1.29, 1.82) is 0 Å². The van der Waals surface area contributed by atoms with Gasteiger partial charge in [-0.15, -0.1) is 0 Å². The highest BCUT2D eigenvalue weighted by Gasteiger charge is 2.66. The van der Waals surface area contributed by atoms with Crippen LogP contribution < -0.4 is 0 Å². The minimum absolute atomic E-state index is 0.00242. The van der Waals surface area contributed by atoms with Crippen LogP contribution in [0.25, 0.3) is 0 Å². The number of Topliss-reactive ketones (excluding diaryl/α,β-unsaturated/α-hetero) is 1. The van der Waals surface area contributed by atoms with E-state index in [1.807, 2.05) is 6.08 Å². The molecule has 6 atom stereocenters. The van der Waals surface area contributed by atoms with Gasteiger partial charge in [-0.05, 0) is 102 Å².